The van der Waals surface area contributed by atoms with Crippen LogP contribution in [0.1, 0.15) is 35.3 Å². The Bertz CT molecular complexity index is 1880. The van der Waals surface area contributed by atoms with Crippen molar-refractivity contribution in [3.8, 4) is 0 Å². The molecule has 0 fully saturated rings. The Labute approximate surface area is 257 Å². The molecule has 0 unspecified atom stereocenters. The van der Waals surface area contributed by atoms with E-state index >= 15 is 4.39 Å². The van der Waals surface area contributed by atoms with Gasteiger partial charge in [-0.15, -0.1) is 0 Å². The topological polar surface area (TPSA) is 72.0 Å². The van der Waals surface area contributed by atoms with Crippen molar-refractivity contribution in [3.05, 3.63) is 143 Å². The molecule has 2 aromatic heterocycles. The van der Waals surface area contributed by atoms with Gasteiger partial charge in [0.1, 0.15) is 41.5 Å². The summed E-state index contributed by atoms with van der Waals surface area (Å²) in [7, 11) is 0. The zero-order valence-electron chi connectivity index (χ0n) is 24.6. The maximum Gasteiger partial charge on any atom is 0.137 e. The van der Waals surface area contributed by atoms with E-state index in [-0.39, 0.29) is 23.7 Å². The molecule has 0 spiro atoms. The summed E-state index contributed by atoms with van der Waals surface area (Å²) in [5.41, 5.74) is 1.98. The molecule has 0 aliphatic rings. The number of hydrogen-bond acceptors (Lipinski definition) is 5. The van der Waals surface area contributed by atoms with E-state index in [0.717, 1.165) is 34.3 Å². The quantitative estimate of drug-likeness (QED) is 0.171. The van der Waals surface area contributed by atoms with Gasteiger partial charge in [0.15, 0.2) is 0 Å². The predicted octanol–water partition coefficient (Wildman–Crippen LogP) is 6.85. The van der Waals surface area contributed by atoms with E-state index in [4.69, 9.17) is 5.10 Å². The van der Waals surface area contributed by atoms with Crippen LogP contribution in [0.25, 0.3) is 10.9 Å². The molecular weight excluding hydrogens is 584 g/mol. The third-order valence-electron chi connectivity index (χ3n) is 8.14. The number of halogens is 4. The van der Waals surface area contributed by atoms with Crippen LogP contribution in [0.5, 0.6) is 0 Å². The lowest BCUT2D eigenvalue weighted by Crippen LogP contribution is -2.41. The summed E-state index contributed by atoms with van der Waals surface area (Å²) >= 11 is 0. The molecule has 0 bridgehead atoms. The van der Waals surface area contributed by atoms with Crippen LogP contribution in [0.15, 0.2) is 97.6 Å². The fourth-order valence-electron chi connectivity index (χ4n) is 5.68. The lowest BCUT2D eigenvalue weighted by molar-refractivity contribution is -0.0355. The van der Waals surface area contributed by atoms with Crippen LogP contribution in [0, 0.1) is 30.2 Å². The number of nitrogens with zero attached hydrogens (tertiary/aromatic N) is 6. The molecule has 0 radical (unpaired) electrons. The van der Waals surface area contributed by atoms with Gasteiger partial charge >= 0.3 is 0 Å². The van der Waals surface area contributed by atoms with Gasteiger partial charge in [-0.1, -0.05) is 30.3 Å². The number of benzene rings is 4. The van der Waals surface area contributed by atoms with E-state index in [1.807, 2.05) is 25.1 Å². The molecule has 2 atom stereocenters. The average molecular weight is 615 g/mol. The highest BCUT2D eigenvalue weighted by Gasteiger charge is 2.41. The highest BCUT2D eigenvalue weighted by Crippen LogP contribution is 2.39. The standard InChI is InChI=1S/C34H30F4N6O/c1-22-30-16-29(42(17-24-3-7-26(35)8-4-24)18-25-5-9-27(36)10-6-25)12-14-33(30)44(41-22)23(2)34(45,19-43-21-39-20-40-43)31-13-11-28(37)15-32(31)38/h3-16,20-21,23,45H,17-19H2,1-2H3/t23-,34-/m1/s1. The van der Waals surface area contributed by atoms with Gasteiger partial charge in [0.05, 0.1) is 23.8 Å². The minimum Gasteiger partial charge on any atom is -0.381 e. The molecule has 0 aliphatic carbocycles. The van der Waals surface area contributed by atoms with E-state index in [0.29, 0.717) is 24.3 Å². The van der Waals surface area contributed by atoms with Crippen molar-refractivity contribution in [1.82, 2.24) is 24.5 Å². The maximum atomic E-state index is 15.2. The predicted molar refractivity (Wildman–Crippen MR) is 162 cm³/mol. The smallest absolute Gasteiger partial charge is 0.137 e. The summed E-state index contributed by atoms with van der Waals surface area (Å²) in [5, 5.41) is 21.8. The van der Waals surface area contributed by atoms with Crippen molar-refractivity contribution in [2.45, 2.75) is 45.1 Å². The molecule has 230 valence electrons. The van der Waals surface area contributed by atoms with E-state index in [1.54, 1.807) is 35.9 Å². The van der Waals surface area contributed by atoms with Gasteiger partial charge in [0.25, 0.3) is 0 Å². The zero-order valence-corrected chi connectivity index (χ0v) is 24.6. The molecule has 1 N–H and O–H groups in total. The highest BCUT2D eigenvalue weighted by atomic mass is 19.1. The van der Waals surface area contributed by atoms with E-state index in [2.05, 4.69) is 15.0 Å². The second-order valence-electron chi connectivity index (χ2n) is 11.2. The van der Waals surface area contributed by atoms with Crippen LogP contribution in [-0.4, -0.2) is 29.7 Å². The summed E-state index contributed by atoms with van der Waals surface area (Å²) in [5.74, 6) is -2.30. The molecule has 45 heavy (non-hydrogen) atoms. The summed E-state index contributed by atoms with van der Waals surface area (Å²) in [4.78, 5) is 6.03. The van der Waals surface area contributed by atoms with E-state index in [9.17, 15) is 18.3 Å². The first-order valence-electron chi connectivity index (χ1n) is 14.3. The largest absolute Gasteiger partial charge is 0.381 e. The number of aryl methyl sites for hydroxylation is 1. The molecule has 2 heterocycles. The van der Waals surface area contributed by atoms with Crippen LogP contribution in [-0.2, 0) is 25.2 Å². The molecule has 0 amide bonds. The Balaban J connectivity index is 1.40. The van der Waals surface area contributed by atoms with Crippen molar-refractivity contribution in [2.75, 3.05) is 4.90 Å². The molecule has 11 heteroatoms. The monoisotopic (exact) mass is 614 g/mol. The van der Waals surface area contributed by atoms with Crippen molar-refractivity contribution in [3.63, 3.8) is 0 Å². The van der Waals surface area contributed by atoms with Crippen LogP contribution in [0.3, 0.4) is 0 Å². The second kappa shape index (κ2) is 12.2. The van der Waals surface area contributed by atoms with Crippen molar-refractivity contribution >= 4 is 16.6 Å². The van der Waals surface area contributed by atoms with Gasteiger partial charge < -0.3 is 10.0 Å². The fourth-order valence-corrected chi connectivity index (χ4v) is 5.68. The number of hydrogen-bond donors (Lipinski definition) is 1. The molecule has 0 saturated heterocycles. The van der Waals surface area contributed by atoms with Gasteiger partial charge in [-0.3, -0.25) is 4.68 Å². The number of aromatic nitrogens is 5. The van der Waals surface area contributed by atoms with Gasteiger partial charge in [0, 0.05) is 35.8 Å². The average Bonchev–Trinajstić information content (AvgIpc) is 3.65. The van der Waals surface area contributed by atoms with E-state index < -0.39 is 23.3 Å². The molecular formula is C34H30F4N6O. The third kappa shape index (κ3) is 6.16. The number of aliphatic hydroxyl groups is 1. The van der Waals surface area contributed by atoms with Crippen LogP contribution in [0.4, 0.5) is 23.2 Å². The summed E-state index contributed by atoms with van der Waals surface area (Å²) in [6.45, 7) is 4.30. The minimum atomic E-state index is -1.90. The zero-order chi connectivity index (χ0) is 31.7. The van der Waals surface area contributed by atoms with Crippen LogP contribution >= 0.6 is 0 Å². The van der Waals surface area contributed by atoms with Crippen LogP contribution in [0.2, 0.25) is 0 Å². The Morgan fingerprint density at radius 2 is 1.44 bits per heavy atom. The fraction of sp³-hybridized carbons (Fsp3) is 0.206. The lowest BCUT2D eigenvalue weighted by atomic mass is 9.86. The Morgan fingerprint density at radius 3 is 2.02 bits per heavy atom. The second-order valence-corrected chi connectivity index (χ2v) is 11.2. The summed E-state index contributed by atoms with van der Waals surface area (Å²) in [6, 6.07) is 20.5. The maximum absolute atomic E-state index is 15.2. The normalized spacial score (nSPS) is 13.6. The summed E-state index contributed by atoms with van der Waals surface area (Å²) < 4.78 is 59.3. The van der Waals surface area contributed by atoms with Crippen molar-refractivity contribution in [1.29, 1.82) is 0 Å². The third-order valence-corrected chi connectivity index (χ3v) is 8.14. The molecule has 4 aromatic carbocycles. The van der Waals surface area contributed by atoms with Gasteiger partial charge in [-0.25, -0.2) is 27.2 Å². The molecule has 6 aromatic rings. The molecule has 6 rings (SSSR count). The molecule has 0 saturated carbocycles. The Morgan fingerprint density at radius 1 is 0.822 bits per heavy atom. The SMILES string of the molecule is Cc1nn([C@H](C)[C@](O)(Cn2cncn2)c2ccc(F)cc2F)c2ccc(N(Cc3ccc(F)cc3)Cc3ccc(F)cc3)cc12. The number of anilines is 1. The lowest BCUT2D eigenvalue weighted by Gasteiger charge is -2.35. The Hall–Kier alpha value is -5.03. The summed E-state index contributed by atoms with van der Waals surface area (Å²) in [6.07, 6.45) is 2.72. The Kier molecular flexibility index (Phi) is 8.11. The van der Waals surface area contributed by atoms with Gasteiger partial charge in [-0.05, 0) is 73.5 Å². The van der Waals surface area contributed by atoms with Gasteiger partial charge in [-0.2, -0.15) is 10.2 Å². The minimum absolute atomic E-state index is 0.102. The number of rotatable bonds is 10. The molecule has 0 aliphatic heterocycles. The van der Waals surface area contributed by atoms with E-state index in [1.165, 1.54) is 47.7 Å². The van der Waals surface area contributed by atoms with Gasteiger partial charge in [0.2, 0.25) is 0 Å². The van der Waals surface area contributed by atoms with Crippen molar-refractivity contribution in [2.24, 2.45) is 0 Å². The first kappa shape index (κ1) is 30.0. The molecule has 7 nitrogen and oxygen atoms in total. The highest BCUT2D eigenvalue weighted by molar-refractivity contribution is 5.85. The van der Waals surface area contributed by atoms with Crippen molar-refractivity contribution < 1.29 is 22.7 Å². The first-order chi connectivity index (χ1) is 21.6. The first-order valence-corrected chi connectivity index (χ1v) is 14.3. The number of fused-ring (bicyclic) bond motifs is 1. The van der Waals surface area contributed by atoms with Crippen LogP contribution < -0.4 is 4.90 Å².